The summed E-state index contributed by atoms with van der Waals surface area (Å²) in [7, 11) is 0. The lowest BCUT2D eigenvalue weighted by atomic mass is 10.1. The van der Waals surface area contributed by atoms with Crippen LogP contribution in [0, 0.1) is 0 Å². The fraction of sp³-hybridized carbons (Fsp3) is 0.435. The molecule has 1 aliphatic carbocycles. The van der Waals surface area contributed by atoms with E-state index in [0.717, 1.165) is 56.2 Å². The van der Waals surface area contributed by atoms with Crippen LogP contribution in [0.4, 0.5) is 10.6 Å². The van der Waals surface area contributed by atoms with E-state index in [1.165, 1.54) is 12.8 Å². The lowest BCUT2D eigenvalue weighted by molar-refractivity contribution is 0.239. The van der Waals surface area contributed by atoms with E-state index in [0.29, 0.717) is 11.9 Å². The molecule has 0 bridgehead atoms. The summed E-state index contributed by atoms with van der Waals surface area (Å²) >= 11 is 0. The summed E-state index contributed by atoms with van der Waals surface area (Å²) < 4.78 is 0. The third-order valence-corrected chi connectivity index (χ3v) is 6.29. The average molecular weight is 420 g/mol. The molecule has 31 heavy (non-hydrogen) atoms. The monoisotopic (exact) mass is 419 g/mol. The van der Waals surface area contributed by atoms with E-state index in [9.17, 15) is 4.79 Å². The summed E-state index contributed by atoms with van der Waals surface area (Å²) in [6.07, 6.45) is 14.4. The first-order chi connectivity index (χ1) is 15.2. The molecule has 3 N–H and O–H groups in total. The van der Waals surface area contributed by atoms with Crippen LogP contribution in [0.15, 0.2) is 64.8 Å². The summed E-state index contributed by atoms with van der Waals surface area (Å²) in [6, 6.07) is 6.15. The molecule has 8 nitrogen and oxygen atoms in total. The van der Waals surface area contributed by atoms with Gasteiger partial charge in [-0.15, -0.1) is 0 Å². The van der Waals surface area contributed by atoms with Gasteiger partial charge in [-0.25, -0.2) is 9.78 Å². The number of fused-ring (bicyclic) bond motifs is 1. The highest BCUT2D eigenvalue weighted by molar-refractivity contribution is 5.81. The zero-order chi connectivity index (χ0) is 21.0. The molecular formula is C23H29N7O. The van der Waals surface area contributed by atoms with Gasteiger partial charge in [-0.05, 0) is 43.2 Å². The van der Waals surface area contributed by atoms with Crippen molar-refractivity contribution >= 4 is 18.1 Å². The molecule has 0 spiro atoms. The highest BCUT2D eigenvalue weighted by Gasteiger charge is 2.25. The van der Waals surface area contributed by atoms with Gasteiger partial charge in [-0.2, -0.15) is 0 Å². The normalized spacial score (nSPS) is 23.4. The molecule has 2 fully saturated rings. The number of urea groups is 1. The zero-order valence-corrected chi connectivity index (χ0v) is 17.6. The highest BCUT2D eigenvalue weighted by Crippen LogP contribution is 2.22. The highest BCUT2D eigenvalue weighted by atomic mass is 16.2. The molecule has 5 rings (SSSR count). The Balaban J connectivity index is 1.17. The van der Waals surface area contributed by atoms with Gasteiger partial charge in [-0.1, -0.05) is 18.9 Å². The number of dihydropyridines is 2. The van der Waals surface area contributed by atoms with E-state index in [4.69, 9.17) is 0 Å². The van der Waals surface area contributed by atoms with E-state index >= 15 is 0 Å². The van der Waals surface area contributed by atoms with Crippen molar-refractivity contribution in [1.29, 1.82) is 0 Å². The molecule has 1 aromatic rings. The second-order valence-corrected chi connectivity index (χ2v) is 8.39. The van der Waals surface area contributed by atoms with Crippen molar-refractivity contribution in [3.63, 3.8) is 0 Å². The predicted molar refractivity (Wildman–Crippen MR) is 122 cm³/mol. The molecule has 0 radical (unpaired) electrons. The number of nitrogens with zero attached hydrogens (tertiary/aromatic N) is 4. The number of hydrogen-bond donors (Lipinski definition) is 3. The smallest absolute Gasteiger partial charge is 0.320 e. The molecule has 1 saturated heterocycles. The molecule has 4 heterocycles. The predicted octanol–water partition coefficient (Wildman–Crippen LogP) is 2.11. The van der Waals surface area contributed by atoms with Crippen LogP contribution in [0.2, 0.25) is 0 Å². The first-order valence-corrected chi connectivity index (χ1v) is 11.2. The summed E-state index contributed by atoms with van der Waals surface area (Å²) in [4.78, 5) is 26.1. The summed E-state index contributed by atoms with van der Waals surface area (Å²) in [5.41, 5.74) is 2.07. The standard InChI is InChI=1S/C23H29N7O/c31-23(26-17-5-1-2-6-17)28-21-9-8-19-20(27-21)15-18(16-25-19)29-11-13-30(14-12-29)22-7-3-4-10-24-22/h3-4,7-10,15-17,20,27H,1-2,5-6,11-14H2,(H2,26,28,31). The molecular weight excluding hydrogens is 390 g/mol. The maximum absolute atomic E-state index is 12.3. The van der Waals surface area contributed by atoms with E-state index in [1.54, 1.807) is 0 Å². The number of anilines is 1. The van der Waals surface area contributed by atoms with Crippen LogP contribution >= 0.6 is 0 Å². The summed E-state index contributed by atoms with van der Waals surface area (Å²) in [6.45, 7) is 3.70. The molecule has 8 heteroatoms. The van der Waals surface area contributed by atoms with Crippen molar-refractivity contribution in [1.82, 2.24) is 25.8 Å². The first kappa shape index (κ1) is 19.7. The number of hydrogen-bond acceptors (Lipinski definition) is 6. The van der Waals surface area contributed by atoms with E-state index in [1.807, 2.05) is 36.7 Å². The van der Waals surface area contributed by atoms with Crippen LogP contribution in [0.25, 0.3) is 0 Å². The minimum atomic E-state index is -0.142. The molecule has 2 amide bonds. The number of aromatic nitrogens is 1. The van der Waals surface area contributed by atoms with Crippen LogP contribution in [-0.2, 0) is 0 Å². The quantitative estimate of drug-likeness (QED) is 0.696. The Morgan fingerprint density at radius 3 is 2.65 bits per heavy atom. The van der Waals surface area contributed by atoms with Gasteiger partial charge >= 0.3 is 6.03 Å². The maximum atomic E-state index is 12.3. The molecule has 1 aromatic heterocycles. The number of carbonyl (C=O) groups excluding carboxylic acids is 1. The van der Waals surface area contributed by atoms with Crippen molar-refractivity contribution in [3.05, 3.63) is 59.8 Å². The van der Waals surface area contributed by atoms with Gasteiger partial charge in [0.25, 0.3) is 0 Å². The molecule has 0 aromatic carbocycles. The molecule has 162 valence electrons. The number of nitrogens with one attached hydrogen (secondary N) is 3. The average Bonchev–Trinajstić information content (AvgIpc) is 3.32. The Morgan fingerprint density at radius 1 is 1.06 bits per heavy atom. The van der Waals surface area contributed by atoms with Gasteiger partial charge in [0.1, 0.15) is 11.6 Å². The minimum absolute atomic E-state index is 0.0411. The van der Waals surface area contributed by atoms with Crippen LogP contribution in [0.1, 0.15) is 25.7 Å². The fourth-order valence-corrected chi connectivity index (χ4v) is 4.58. The summed E-state index contributed by atoms with van der Waals surface area (Å²) in [5.74, 6) is 1.74. The Hall–Kier alpha value is -3.29. The Bertz CT molecular complexity index is 923. The maximum Gasteiger partial charge on any atom is 0.320 e. The topological polar surface area (TPSA) is 84.9 Å². The Labute approximate surface area is 182 Å². The van der Waals surface area contributed by atoms with Crippen molar-refractivity contribution in [2.45, 2.75) is 37.8 Å². The number of aliphatic imine (C=N–C) groups is 1. The second kappa shape index (κ2) is 8.83. The van der Waals surface area contributed by atoms with E-state index in [2.05, 4.69) is 47.9 Å². The number of pyridine rings is 1. The van der Waals surface area contributed by atoms with Crippen LogP contribution < -0.4 is 20.9 Å². The van der Waals surface area contributed by atoms with Crippen LogP contribution in [-0.4, -0.2) is 60.4 Å². The third-order valence-electron chi connectivity index (χ3n) is 6.29. The summed E-state index contributed by atoms with van der Waals surface area (Å²) in [5, 5.41) is 9.40. The van der Waals surface area contributed by atoms with Crippen molar-refractivity contribution in [3.8, 4) is 0 Å². The second-order valence-electron chi connectivity index (χ2n) is 8.39. The van der Waals surface area contributed by atoms with Gasteiger partial charge in [0.05, 0.1) is 23.7 Å². The molecule has 1 saturated carbocycles. The largest absolute Gasteiger partial charge is 0.367 e. The third kappa shape index (κ3) is 4.57. The number of carbonyl (C=O) groups is 1. The number of allylic oxidation sites excluding steroid dienone is 3. The molecule has 3 aliphatic heterocycles. The number of piperazine rings is 1. The van der Waals surface area contributed by atoms with Gasteiger partial charge < -0.3 is 20.4 Å². The lowest BCUT2D eigenvalue weighted by Gasteiger charge is -2.38. The van der Waals surface area contributed by atoms with Crippen molar-refractivity contribution in [2.24, 2.45) is 4.99 Å². The SMILES string of the molecule is O=C(NC1=CC=C2N=CC(N3CCN(c4ccccn4)CC3)=CC2N1)NC1CCCC1. The van der Waals surface area contributed by atoms with Gasteiger partial charge in [-0.3, -0.25) is 10.3 Å². The molecule has 1 atom stereocenters. The van der Waals surface area contributed by atoms with Crippen LogP contribution in [0.5, 0.6) is 0 Å². The van der Waals surface area contributed by atoms with E-state index in [-0.39, 0.29) is 12.1 Å². The lowest BCUT2D eigenvalue weighted by Crippen LogP contribution is -2.48. The Morgan fingerprint density at radius 2 is 1.87 bits per heavy atom. The number of rotatable bonds is 4. The van der Waals surface area contributed by atoms with Crippen LogP contribution in [0.3, 0.4) is 0 Å². The van der Waals surface area contributed by atoms with Crippen molar-refractivity contribution in [2.75, 3.05) is 31.1 Å². The zero-order valence-electron chi connectivity index (χ0n) is 17.6. The van der Waals surface area contributed by atoms with Gasteiger partial charge in [0, 0.05) is 38.4 Å². The van der Waals surface area contributed by atoms with E-state index < -0.39 is 0 Å². The number of amides is 2. The van der Waals surface area contributed by atoms with Gasteiger partial charge in [0.15, 0.2) is 0 Å². The first-order valence-electron chi connectivity index (χ1n) is 11.2. The molecule has 4 aliphatic rings. The minimum Gasteiger partial charge on any atom is -0.367 e. The Kier molecular flexibility index (Phi) is 5.60. The fourth-order valence-electron chi connectivity index (χ4n) is 4.58. The van der Waals surface area contributed by atoms with Gasteiger partial charge in [0.2, 0.25) is 0 Å². The van der Waals surface area contributed by atoms with Crippen molar-refractivity contribution < 1.29 is 4.79 Å². The molecule has 1 unspecified atom stereocenters.